The van der Waals surface area contributed by atoms with E-state index in [-0.39, 0.29) is 65.9 Å². The fourth-order valence-corrected chi connectivity index (χ4v) is 12.2. The van der Waals surface area contributed by atoms with Crippen LogP contribution in [0.5, 0.6) is 0 Å². The molecule has 10 nitrogen and oxygen atoms in total. The minimum atomic E-state index is -1.01. The monoisotopic (exact) mass is 613 g/mol. The van der Waals surface area contributed by atoms with Crippen LogP contribution in [0.25, 0.3) is 0 Å². The lowest BCUT2D eigenvalue weighted by Crippen LogP contribution is -2.79. The van der Waals surface area contributed by atoms with Crippen LogP contribution in [0.2, 0.25) is 0 Å². The summed E-state index contributed by atoms with van der Waals surface area (Å²) in [5.74, 6) is -1.57. The summed E-state index contributed by atoms with van der Waals surface area (Å²) in [5.41, 5.74) is -1.61. The standard InChI is InChI=1S/C34H47NO9/c1-7-35-16-32(17-39-3)23(37)14-24(41-5)34-21-13-20-22(40-4)15-33(44-18(2)36,26(30(34)35)28(42-6)29(32)34)25(21)27(20)43-31(38)19-11-9-8-10-12-19/h8-12,20-30,37H,7,13-17H2,1-6H3/t20-,21+,22+,23-,24+,25-,26+,27+,28+,29-,30-,32+,33-,34+/m1/s1. The quantitative estimate of drug-likeness (QED) is 0.417. The van der Waals surface area contributed by atoms with Crippen molar-refractivity contribution >= 4 is 11.9 Å². The summed E-state index contributed by atoms with van der Waals surface area (Å²) in [6, 6.07) is 9.02. The van der Waals surface area contributed by atoms with E-state index in [1.54, 1.807) is 40.6 Å². The van der Waals surface area contributed by atoms with Crippen molar-refractivity contribution in [1.82, 2.24) is 4.90 Å². The van der Waals surface area contributed by atoms with Gasteiger partial charge in [0.05, 0.1) is 36.6 Å². The Morgan fingerprint density at radius 1 is 1.00 bits per heavy atom. The van der Waals surface area contributed by atoms with Gasteiger partial charge >= 0.3 is 11.9 Å². The van der Waals surface area contributed by atoms with E-state index in [2.05, 4.69) is 11.8 Å². The fraction of sp³-hybridized carbons (Fsp3) is 0.765. The van der Waals surface area contributed by atoms with Gasteiger partial charge in [-0.3, -0.25) is 9.69 Å². The van der Waals surface area contributed by atoms with E-state index in [4.69, 9.17) is 28.4 Å². The maximum absolute atomic E-state index is 13.7. The average molecular weight is 614 g/mol. The summed E-state index contributed by atoms with van der Waals surface area (Å²) in [6.45, 7) is 5.40. The van der Waals surface area contributed by atoms with E-state index in [9.17, 15) is 14.7 Å². The van der Waals surface area contributed by atoms with Crippen LogP contribution in [-0.4, -0.2) is 112 Å². The number of piperidine rings is 1. The Bertz CT molecular complexity index is 1280. The summed E-state index contributed by atoms with van der Waals surface area (Å²) >= 11 is 0. The van der Waals surface area contributed by atoms with Crippen molar-refractivity contribution < 1.29 is 43.1 Å². The fourth-order valence-electron chi connectivity index (χ4n) is 12.2. The van der Waals surface area contributed by atoms with Crippen LogP contribution >= 0.6 is 0 Å². The first-order valence-corrected chi connectivity index (χ1v) is 16.1. The molecule has 1 spiro atoms. The molecular formula is C34H47NO9. The third-order valence-corrected chi connectivity index (χ3v) is 13.0. The first-order valence-electron chi connectivity index (χ1n) is 16.1. The second-order valence-corrected chi connectivity index (χ2v) is 14.1. The van der Waals surface area contributed by atoms with Crippen molar-refractivity contribution in [2.24, 2.45) is 40.4 Å². The highest BCUT2D eigenvalue weighted by Gasteiger charge is 2.89. The first kappa shape index (κ1) is 30.6. The second-order valence-electron chi connectivity index (χ2n) is 14.1. The molecule has 5 saturated carbocycles. The largest absolute Gasteiger partial charge is 0.458 e. The third kappa shape index (κ3) is 3.64. The number of rotatable bonds is 9. The van der Waals surface area contributed by atoms with Gasteiger partial charge in [-0.1, -0.05) is 25.1 Å². The number of aliphatic hydroxyl groups excluding tert-OH is 1. The van der Waals surface area contributed by atoms with Crippen LogP contribution in [-0.2, 0) is 33.2 Å². The van der Waals surface area contributed by atoms with Crippen LogP contribution in [0, 0.1) is 40.4 Å². The van der Waals surface area contributed by atoms with E-state index in [1.807, 2.05) is 18.2 Å². The molecule has 6 aliphatic rings. The topological polar surface area (TPSA) is 113 Å². The number of hydrogen-bond donors (Lipinski definition) is 1. The van der Waals surface area contributed by atoms with Gasteiger partial charge in [-0.25, -0.2) is 4.79 Å². The van der Waals surface area contributed by atoms with Crippen LogP contribution in [0.3, 0.4) is 0 Å². The summed E-state index contributed by atoms with van der Waals surface area (Å²) in [5, 5.41) is 12.0. The molecule has 14 atom stereocenters. The smallest absolute Gasteiger partial charge is 0.338 e. The van der Waals surface area contributed by atoms with Crippen molar-refractivity contribution in [3.63, 3.8) is 0 Å². The van der Waals surface area contributed by atoms with E-state index in [1.165, 1.54) is 6.92 Å². The molecule has 0 aromatic heterocycles. The highest BCUT2D eigenvalue weighted by molar-refractivity contribution is 5.89. The molecule has 0 unspecified atom stereocenters. The van der Waals surface area contributed by atoms with Gasteiger partial charge in [0.15, 0.2) is 0 Å². The molecule has 1 aromatic rings. The van der Waals surface area contributed by atoms with Gasteiger partial charge in [-0.2, -0.15) is 0 Å². The van der Waals surface area contributed by atoms with Crippen LogP contribution < -0.4 is 0 Å². The van der Waals surface area contributed by atoms with E-state index >= 15 is 0 Å². The molecule has 44 heavy (non-hydrogen) atoms. The molecule has 10 heteroatoms. The van der Waals surface area contributed by atoms with Gasteiger partial charge in [-0.05, 0) is 31.0 Å². The average Bonchev–Trinajstić information content (AvgIpc) is 3.44. The predicted molar refractivity (Wildman–Crippen MR) is 158 cm³/mol. The lowest BCUT2D eigenvalue weighted by Gasteiger charge is -2.70. The summed E-state index contributed by atoms with van der Waals surface area (Å²) in [4.78, 5) is 29.4. The molecule has 7 rings (SSSR count). The molecule has 0 radical (unpaired) electrons. The summed E-state index contributed by atoms with van der Waals surface area (Å²) in [7, 11) is 6.88. The molecule has 1 N–H and O–H groups in total. The van der Waals surface area contributed by atoms with Gasteiger partial charge in [0.1, 0.15) is 11.7 Å². The van der Waals surface area contributed by atoms with Gasteiger partial charge < -0.3 is 33.5 Å². The molecular weight excluding hydrogens is 566 g/mol. The minimum Gasteiger partial charge on any atom is -0.458 e. The highest BCUT2D eigenvalue weighted by atomic mass is 16.6. The van der Waals surface area contributed by atoms with E-state index < -0.39 is 28.6 Å². The maximum Gasteiger partial charge on any atom is 0.338 e. The number of fused-ring (bicyclic) bond motifs is 2. The molecule has 1 aromatic carbocycles. The van der Waals surface area contributed by atoms with Gasteiger partial charge in [0.2, 0.25) is 0 Å². The zero-order valence-electron chi connectivity index (χ0n) is 26.6. The minimum absolute atomic E-state index is 0.0367. The summed E-state index contributed by atoms with van der Waals surface area (Å²) in [6.07, 6.45) is -0.424. The highest BCUT2D eigenvalue weighted by Crippen LogP contribution is 2.80. The van der Waals surface area contributed by atoms with Crippen molar-refractivity contribution in [2.75, 3.05) is 48.1 Å². The van der Waals surface area contributed by atoms with Gasteiger partial charge in [0.25, 0.3) is 0 Å². The number of esters is 2. The molecule has 6 fully saturated rings. The number of nitrogens with zero attached hydrogens (tertiary/aromatic N) is 1. The molecule has 1 saturated heterocycles. The third-order valence-electron chi connectivity index (χ3n) is 13.0. The Balaban J connectivity index is 1.48. The summed E-state index contributed by atoms with van der Waals surface area (Å²) < 4.78 is 38.3. The number of carbonyl (C=O) groups excluding carboxylic acids is 2. The Kier molecular flexibility index (Phi) is 7.46. The van der Waals surface area contributed by atoms with Crippen LogP contribution in [0.15, 0.2) is 30.3 Å². The number of ether oxygens (including phenoxy) is 6. The van der Waals surface area contributed by atoms with Gasteiger partial charge in [0, 0.05) is 95.3 Å². The maximum atomic E-state index is 13.7. The SMILES string of the molecule is CCN1C[C@]2(COC)[C@H](O)C[C@H](OC)[C@@]34[C@@H]2[C@@H](OC)[C@@H]([C@@H]13)[C@@]1(OC(C)=O)C[C@H](OC)[C@H]2C[C@H]4[C@@H]1[C@H]2OC(=O)c1ccccc1. The Morgan fingerprint density at radius 3 is 2.36 bits per heavy atom. The van der Waals surface area contributed by atoms with Crippen molar-refractivity contribution in [3.05, 3.63) is 35.9 Å². The molecule has 242 valence electrons. The molecule has 1 heterocycles. The second kappa shape index (κ2) is 10.7. The van der Waals surface area contributed by atoms with Crippen molar-refractivity contribution in [2.45, 2.75) is 75.3 Å². The first-order chi connectivity index (χ1) is 21.2. The Labute approximate surface area is 259 Å². The molecule has 7 bridgehead atoms. The number of aliphatic hydroxyl groups is 1. The number of benzene rings is 1. The Morgan fingerprint density at radius 2 is 1.75 bits per heavy atom. The van der Waals surface area contributed by atoms with E-state index in [0.29, 0.717) is 31.6 Å². The zero-order valence-corrected chi connectivity index (χ0v) is 26.6. The number of likely N-dealkylation sites (tertiary alicyclic amines) is 1. The van der Waals surface area contributed by atoms with Crippen LogP contribution in [0.4, 0.5) is 0 Å². The van der Waals surface area contributed by atoms with E-state index in [0.717, 1.165) is 13.0 Å². The van der Waals surface area contributed by atoms with Gasteiger partial charge in [-0.15, -0.1) is 0 Å². The predicted octanol–water partition coefficient (Wildman–Crippen LogP) is 2.56. The lowest BCUT2D eigenvalue weighted by atomic mass is 9.42. The Hall–Kier alpha value is -2.08. The number of methoxy groups -OCH3 is 4. The lowest BCUT2D eigenvalue weighted by molar-refractivity contribution is -0.297. The number of hydrogen-bond acceptors (Lipinski definition) is 10. The zero-order chi connectivity index (χ0) is 31.2. The van der Waals surface area contributed by atoms with Crippen molar-refractivity contribution in [1.29, 1.82) is 0 Å². The van der Waals surface area contributed by atoms with Crippen molar-refractivity contribution in [3.8, 4) is 0 Å². The molecule has 0 amide bonds. The number of carbonyl (C=O) groups is 2. The van der Waals surface area contributed by atoms with Crippen LogP contribution in [0.1, 0.15) is 43.5 Å². The normalized spacial score (nSPS) is 48.2. The molecule has 5 aliphatic carbocycles. The molecule has 1 aliphatic heterocycles.